The van der Waals surface area contributed by atoms with E-state index in [4.69, 9.17) is 14.2 Å². The summed E-state index contributed by atoms with van der Waals surface area (Å²) < 4.78 is 17.7. The van der Waals surface area contributed by atoms with Crippen LogP contribution in [-0.4, -0.2) is 67.8 Å². The number of carbonyl (C=O) groups is 2. The Hall–Kier alpha value is -1.48. The number of hydrogen-bond donors (Lipinski definition) is 3. The number of rotatable bonds is 14. The molecule has 8 nitrogen and oxygen atoms in total. The largest absolute Gasteiger partial charge is 0.390 e. The molecular weight excluding hydrogens is 424 g/mol. The molecule has 190 valence electrons. The maximum Gasteiger partial charge on any atom is 0.225 e. The van der Waals surface area contributed by atoms with Crippen molar-refractivity contribution in [2.45, 2.75) is 102 Å². The van der Waals surface area contributed by atoms with E-state index in [1.807, 2.05) is 6.08 Å². The fourth-order valence-corrected chi connectivity index (χ4v) is 4.58. The zero-order valence-electron chi connectivity index (χ0n) is 20.5. The summed E-state index contributed by atoms with van der Waals surface area (Å²) in [6, 6.07) is 0. The SMILES string of the molecule is C=CCCC1CCCC2(CCCC(CCCNC(=O)C(C)C(O)CNC(=O)CCOC)O2)O1. The Labute approximate surface area is 198 Å². The molecule has 0 aromatic rings. The van der Waals surface area contributed by atoms with Crippen molar-refractivity contribution in [1.82, 2.24) is 10.6 Å². The second-order valence-corrected chi connectivity index (χ2v) is 9.38. The van der Waals surface area contributed by atoms with Gasteiger partial charge in [0.25, 0.3) is 0 Å². The number of aliphatic hydroxyl groups is 1. The fraction of sp³-hybridized carbons (Fsp3) is 0.840. The first-order chi connectivity index (χ1) is 15.9. The van der Waals surface area contributed by atoms with Gasteiger partial charge in [0.15, 0.2) is 5.79 Å². The van der Waals surface area contributed by atoms with E-state index in [9.17, 15) is 14.7 Å². The maximum atomic E-state index is 12.4. The van der Waals surface area contributed by atoms with Crippen molar-refractivity contribution in [3.63, 3.8) is 0 Å². The molecule has 2 aliphatic rings. The van der Waals surface area contributed by atoms with Gasteiger partial charge in [0.05, 0.1) is 30.8 Å². The third-order valence-electron chi connectivity index (χ3n) is 6.66. The topological polar surface area (TPSA) is 106 Å². The summed E-state index contributed by atoms with van der Waals surface area (Å²) >= 11 is 0. The van der Waals surface area contributed by atoms with Crippen molar-refractivity contribution in [3.05, 3.63) is 12.7 Å². The lowest BCUT2D eigenvalue weighted by molar-refractivity contribution is -0.315. The molecule has 2 rings (SSSR count). The average Bonchev–Trinajstić information content (AvgIpc) is 2.82. The number of hydrogen-bond acceptors (Lipinski definition) is 6. The van der Waals surface area contributed by atoms with E-state index in [-0.39, 0.29) is 37.0 Å². The van der Waals surface area contributed by atoms with Crippen LogP contribution in [0.1, 0.15) is 77.6 Å². The standard InChI is InChI=1S/C25H44N2O6/c1-4-5-9-20-10-6-14-25(32-20)15-7-11-21(33-25)12-8-16-26-24(30)19(2)22(28)18-27-23(29)13-17-31-3/h4,19-22,28H,1,5-18H2,2-3H3,(H,26,30)(H,27,29). The number of ether oxygens (including phenoxy) is 3. The molecule has 2 heterocycles. The predicted octanol–water partition coefficient (Wildman–Crippen LogP) is 2.83. The van der Waals surface area contributed by atoms with Gasteiger partial charge in [0.1, 0.15) is 0 Å². The van der Waals surface area contributed by atoms with E-state index >= 15 is 0 Å². The van der Waals surface area contributed by atoms with E-state index in [0.29, 0.717) is 13.2 Å². The summed E-state index contributed by atoms with van der Waals surface area (Å²) in [5.41, 5.74) is 0. The zero-order valence-corrected chi connectivity index (χ0v) is 20.5. The minimum atomic E-state index is -0.935. The highest BCUT2D eigenvalue weighted by atomic mass is 16.7. The molecule has 1 spiro atoms. The summed E-state index contributed by atoms with van der Waals surface area (Å²) in [6.07, 6.45) is 11.6. The van der Waals surface area contributed by atoms with Crippen LogP contribution in [0, 0.1) is 5.92 Å². The minimum Gasteiger partial charge on any atom is -0.390 e. The molecule has 0 aliphatic carbocycles. The molecule has 0 radical (unpaired) electrons. The monoisotopic (exact) mass is 468 g/mol. The van der Waals surface area contributed by atoms with Crippen LogP contribution >= 0.6 is 0 Å². The minimum absolute atomic E-state index is 0.0446. The highest BCUT2D eigenvalue weighted by Gasteiger charge is 2.42. The Morgan fingerprint density at radius 3 is 2.48 bits per heavy atom. The van der Waals surface area contributed by atoms with Gasteiger partial charge in [-0.15, -0.1) is 6.58 Å². The molecule has 5 unspecified atom stereocenters. The highest BCUT2D eigenvalue weighted by molar-refractivity contribution is 5.79. The number of methoxy groups -OCH3 is 1. The van der Waals surface area contributed by atoms with Crippen molar-refractivity contribution in [1.29, 1.82) is 0 Å². The smallest absolute Gasteiger partial charge is 0.225 e. The van der Waals surface area contributed by atoms with Gasteiger partial charge in [-0.1, -0.05) is 13.0 Å². The maximum absolute atomic E-state index is 12.4. The van der Waals surface area contributed by atoms with Crippen molar-refractivity contribution in [2.24, 2.45) is 5.92 Å². The van der Waals surface area contributed by atoms with Gasteiger partial charge in [-0.25, -0.2) is 0 Å². The lowest BCUT2D eigenvalue weighted by Crippen LogP contribution is -2.48. The summed E-state index contributed by atoms with van der Waals surface area (Å²) in [5, 5.41) is 15.7. The normalized spacial score (nSPS) is 27.0. The number of allylic oxidation sites excluding steroid dienone is 1. The molecule has 0 saturated carbocycles. The van der Waals surface area contributed by atoms with Crippen LogP contribution in [0.3, 0.4) is 0 Å². The Morgan fingerprint density at radius 2 is 1.85 bits per heavy atom. The average molecular weight is 469 g/mol. The first-order valence-electron chi connectivity index (χ1n) is 12.6. The quantitative estimate of drug-likeness (QED) is 0.267. The van der Waals surface area contributed by atoms with E-state index in [0.717, 1.165) is 64.2 Å². The predicted molar refractivity (Wildman–Crippen MR) is 127 cm³/mol. The molecular formula is C25H44N2O6. The van der Waals surface area contributed by atoms with Gasteiger partial charge in [-0.05, 0) is 51.4 Å². The molecule has 0 bridgehead atoms. The molecule has 2 saturated heterocycles. The van der Waals surface area contributed by atoms with Crippen LogP contribution in [0.25, 0.3) is 0 Å². The van der Waals surface area contributed by atoms with Gasteiger partial charge in [-0.2, -0.15) is 0 Å². The Bertz CT molecular complexity index is 612. The van der Waals surface area contributed by atoms with Crippen LogP contribution in [0.15, 0.2) is 12.7 Å². The number of nitrogens with one attached hydrogen (secondary N) is 2. The van der Waals surface area contributed by atoms with Crippen molar-refractivity contribution in [2.75, 3.05) is 26.8 Å². The molecule has 0 aromatic heterocycles. The van der Waals surface area contributed by atoms with E-state index in [1.54, 1.807) is 6.92 Å². The molecule has 3 N–H and O–H groups in total. The summed E-state index contributed by atoms with van der Waals surface area (Å²) in [4.78, 5) is 24.0. The first kappa shape index (κ1) is 27.8. The zero-order chi connectivity index (χ0) is 24.1. The van der Waals surface area contributed by atoms with Crippen LogP contribution in [-0.2, 0) is 23.8 Å². The highest BCUT2D eigenvalue weighted by Crippen LogP contribution is 2.40. The second kappa shape index (κ2) is 14.7. The van der Waals surface area contributed by atoms with Gasteiger partial charge in [0, 0.05) is 39.5 Å². The molecule has 2 fully saturated rings. The number of carbonyl (C=O) groups excluding carboxylic acids is 2. The molecule has 5 atom stereocenters. The van der Waals surface area contributed by atoms with Crippen molar-refractivity contribution < 1.29 is 28.9 Å². The van der Waals surface area contributed by atoms with Crippen LogP contribution in [0.5, 0.6) is 0 Å². The third kappa shape index (κ3) is 9.73. The molecule has 0 aromatic carbocycles. The Kier molecular flexibility index (Phi) is 12.4. The Morgan fingerprint density at radius 1 is 1.18 bits per heavy atom. The lowest BCUT2D eigenvalue weighted by Gasteiger charge is -2.46. The first-order valence-corrected chi connectivity index (χ1v) is 12.6. The van der Waals surface area contributed by atoms with Gasteiger partial charge in [0.2, 0.25) is 11.8 Å². The third-order valence-corrected chi connectivity index (χ3v) is 6.66. The second-order valence-electron chi connectivity index (χ2n) is 9.38. The van der Waals surface area contributed by atoms with Crippen molar-refractivity contribution in [3.8, 4) is 0 Å². The number of amides is 2. The van der Waals surface area contributed by atoms with Crippen LogP contribution in [0.2, 0.25) is 0 Å². The Balaban J connectivity index is 1.65. The van der Waals surface area contributed by atoms with E-state index in [1.165, 1.54) is 7.11 Å². The summed E-state index contributed by atoms with van der Waals surface area (Å²) in [5.74, 6) is -1.45. The number of aliphatic hydroxyl groups excluding tert-OH is 1. The van der Waals surface area contributed by atoms with E-state index in [2.05, 4.69) is 17.2 Å². The molecule has 8 heteroatoms. The van der Waals surface area contributed by atoms with Gasteiger partial charge in [-0.3, -0.25) is 9.59 Å². The van der Waals surface area contributed by atoms with Crippen LogP contribution < -0.4 is 10.6 Å². The fourth-order valence-electron chi connectivity index (χ4n) is 4.58. The van der Waals surface area contributed by atoms with Gasteiger partial charge < -0.3 is 30.0 Å². The van der Waals surface area contributed by atoms with E-state index < -0.39 is 17.8 Å². The van der Waals surface area contributed by atoms with Crippen LogP contribution in [0.4, 0.5) is 0 Å². The van der Waals surface area contributed by atoms with Crippen molar-refractivity contribution >= 4 is 11.8 Å². The molecule has 2 aliphatic heterocycles. The molecule has 33 heavy (non-hydrogen) atoms. The van der Waals surface area contributed by atoms with Gasteiger partial charge >= 0.3 is 0 Å². The lowest BCUT2D eigenvalue weighted by atomic mass is 9.91. The summed E-state index contributed by atoms with van der Waals surface area (Å²) in [6.45, 7) is 6.38. The molecule has 2 amide bonds. The summed E-state index contributed by atoms with van der Waals surface area (Å²) in [7, 11) is 1.53.